The van der Waals surface area contributed by atoms with Gasteiger partial charge in [-0.1, -0.05) is 22.9 Å². The van der Waals surface area contributed by atoms with Gasteiger partial charge in [0.2, 0.25) is 0 Å². The van der Waals surface area contributed by atoms with E-state index in [1.54, 1.807) is 0 Å². The Labute approximate surface area is 126 Å². The molecule has 2 N–H and O–H groups in total. The summed E-state index contributed by atoms with van der Waals surface area (Å²) < 4.78 is 7.67. The van der Waals surface area contributed by atoms with Gasteiger partial charge in [0.15, 0.2) is 0 Å². The maximum absolute atomic E-state index is 5.71. The first kappa shape index (κ1) is 15.5. The van der Waals surface area contributed by atoms with Crippen LogP contribution in [-0.4, -0.2) is 28.1 Å². The van der Waals surface area contributed by atoms with Crippen molar-refractivity contribution in [1.82, 2.24) is 15.0 Å². The number of hydrogen-bond donors (Lipinski definition) is 1. The smallest absolute Gasteiger partial charge is 0.119 e. The van der Waals surface area contributed by atoms with Crippen molar-refractivity contribution in [2.75, 3.05) is 13.2 Å². The highest BCUT2D eigenvalue weighted by Crippen LogP contribution is 2.12. The van der Waals surface area contributed by atoms with Crippen LogP contribution in [0.3, 0.4) is 0 Å². The lowest BCUT2D eigenvalue weighted by Crippen LogP contribution is -2.07. The zero-order chi connectivity index (χ0) is 15.1. The molecule has 5 heteroatoms. The number of unbranched alkanes of at least 4 members (excludes halogenated alkanes) is 1. The Bertz CT molecular complexity index is 548. The highest BCUT2D eigenvalue weighted by atomic mass is 16.5. The predicted molar refractivity (Wildman–Crippen MR) is 83.4 cm³/mol. The molecule has 0 saturated carbocycles. The minimum atomic E-state index is 0.615. The number of aryl methyl sites for hydroxylation is 2. The molecular formula is C16H24N4O. The summed E-state index contributed by atoms with van der Waals surface area (Å²) in [6.07, 6.45) is 2.82. The summed E-state index contributed by atoms with van der Waals surface area (Å²) in [5, 5.41) is 8.33. The number of hydrogen-bond acceptors (Lipinski definition) is 4. The zero-order valence-corrected chi connectivity index (χ0v) is 12.9. The molecule has 114 valence electrons. The van der Waals surface area contributed by atoms with E-state index in [4.69, 9.17) is 10.5 Å². The Kier molecular flexibility index (Phi) is 5.75. The van der Waals surface area contributed by atoms with Crippen molar-refractivity contribution in [2.24, 2.45) is 5.73 Å². The summed E-state index contributed by atoms with van der Waals surface area (Å²) >= 11 is 0. The number of aromatic nitrogens is 3. The van der Waals surface area contributed by atoms with E-state index in [1.807, 2.05) is 23.7 Å². The molecule has 5 nitrogen and oxygen atoms in total. The van der Waals surface area contributed by atoms with E-state index in [9.17, 15) is 0 Å². The lowest BCUT2D eigenvalue weighted by Gasteiger charge is -2.07. The molecule has 0 radical (unpaired) electrons. The molecule has 0 amide bonds. The van der Waals surface area contributed by atoms with Gasteiger partial charge in [-0.2, -0.15) is 0 Å². The second-order valence-electron chi connectivity index (χ2n) is 5.25. The monoisotopic (exact) mass is 288 g/mol. The SMILES string of the molecule is Cc1ccc(OCCCCn2nnc(CCN)c2C)cc1. The molecule has 1 heterocycles. The summed E-state index contributed by atoms with van der Waals surface area (Å²) in [5.74, 6) is 0.933. The van der Waals surface area contributed by atoms with E-state index < -0.39 is 0 Å². The molecule has 0 spiro atoms. The average Bonchev–Trinajstić information content (AvgIpc) is 2.82. The van der Waals surface area contributed by atoms with Crippen molar-refractivity contribution in [3.63, 3.8) is 0 Å². The second kappa shape index (κ2) is 7.78. The quantitative estimate of drug-likeness (QED) is 0.757. The first-order valence-corrected chi connectivity index (χ1v) is 7.49. The Morgan fingerprint density at radius 1 is 1.14 bits per heavy atom. The molecular weight excluding hydrogens is 264 g/mol. The Morgan fingerprint density at radius 3 is 2.62 bits per heavy atom. The molecule has 0 bridgehead atoms. The zero-order valence-electron chi connectivity index (χ0n) is 12.9. The normalized spacial score (nSPS) is 10.8. The van der Waals surface area contributed by atoms with Crippen LogP contribution in [0.2, 0.25) is 0 Å². The molecule has 1 aromatic carbocycles. The van der Waals surface area contributed by atoms with Gasteiger partial charge in [-0.3, -0.25) is 0 Å². The fourth-order valence-corrected chi connectivity index (χ4v) is 2.16. The fourth-order valence-electron chi connectivity index (χ4n) is 2.16. The average molecular weight is 288 g/mol. The largest absolute Gasteiger partial charge is 0.494 e. The molecule has 21 heavy (non-hydrogen) atoms. The van der Waals surface area contributed by atoms with Crippen LogP contribution in [0.15, 0.2) is 24.3 Å². The van der Waals surface area contributed by atoms with Gasteiger partial charge in [-0.05, 0) is 45.4 Å². The number of benzene rings is 1. The van der Waals surface area contributed by atoms with Crippen LogP contribution in [-0.2, 0) is 13.0 Å². The molecule has 2 rings (SSSR count). The van der Waals surface area contributed by atoms with Crippen LogP contribution in [0.5, 0.6) is 5.75 Å². The van der Waals surface area contributed by atoms with Crippen LogP contribution in [0.1, 0.15) is 29.8 Å². The molecule has 0 unspecified atom stereocenters. The van der Waals surface area contributed by atoms with Crippen LogP contribution in [0.4, 0.5) is 0 Å². The van der Waals surface area contributed by atoms with Gasteiger partial charge in [0.05, 0.1) is 18.0 Å². The summed E-state index contributed by atoms with van der Waals surface area (Å²) in [6.45, 7) is 6.34. The molecule has 0 saturated heterocycles. The third-order valence-corrected chi connectivity index (χ3v) is 3.51. The maximum atomic E-state index is 5.71. The number of rotatable bonds is 8. The van der Waals surface area contributed by atoms with Gasteiger partial charge in [-0.25, -0.2) is 4.68 Å². The van der Waals surface area contributed by atoms with Gasteiger partial charge in [0.25, 0.3) is 0 Å². The third-order valence-electron chi connectivity index (χ3n) is 3.51. The van der Waals surface area contributed by atoms with Crippen LogP contribution < -0.4 is 10.5 Å². The van der Waals surface area contributed by atoms with Crippen LogP contribution in [0, 0.1) is 13.8 Å². The third kappa shape index (κ3) is 4.56. The van der Waals surface area contributed by atoms with Crippen molar-refractivity contribution in [3.05, 3.63) is 41.2 Å². The standard InChI is InChI=1S/C16H24N4O/c1-13-5-7-15(8-6-13)21-12-4-3-11-20-14(2)16(9-10-17)18-19-20/h5-8H,3-4,9-12,17H2,1-2H3. The topological polar surface area (TPSA) is 66.0 Å². The molecule has 0 fully saturated rings. The van der Waals surface area contributed by atoms with Crippen LogP contribution >= 0.6 is 0 Å². The first-order chi connectivity index (χ1) is 10.2. The number of nitrogens with two attached hydrogens (primary N) is 1. The molecule has 0 atom stereocenters. The molecule has 1 aromatic heterocycles. The van der Waals surface area contributed by atoms with Gasteiger partial charge in [0.1, 0.15) is 5.75 Å². The van der Waals surface area contributed by atoms with Gasteiger partial charge in [-0.15, -0.1) is 5.10 Å². The van der Waals surface area contributed by atoms with Crippen molar-refractivity contribution in [2.45, 2.75) is 39.7 Å². The van der Waals surface area contributed by atoms with Crippen molar-refractivity contribution in [3.8, 4) is 5.75 Å². The molecule has 0 aliphatic heterocycles. The van der Waals surface area contributed by atoms with E-state index in [2.05, 4.69) is 29.4 Å². The lowest BCUT2D eigenvalue weighted by atomic mass is 10.2. The highest BCUT2D eigenvalue weighted by Gasteiger charge is 2.06. The highest BCUT2D eigenvalue weighted by molar-refractivity contribution is 5.26. The Morgan fingerprint density at radius 2 is 1.90 bits per heavy atom. The van der Waals surface area contributed by atoms with Crippen molar-refractivity contribution >= 4 is 0 Å². The lowest BCUT2D eigenvalue weighted by molar-refractivity contribution is 0.301. The number of ether oxygens (including phenoxy) is 1. The minimum Gasteiger partial charge on any atom is -0.494 e. The first-order valence-electron chi connectivity index (χ1n) is 7.49. The summed E-state index contributed by atoms with van der Waals surface area (Å²) in [4.78, 5) is 0. The van der Waals surface area contributed by atoms with Crippen LogP contribution in [0.25, 0.3) is 0 Å². The maximum Gasteiger partial charge on any atom is 0.119 e. The van der Waals surface area contributed by atoms with Gasteiger partial charge >= 0.3 is 0 Å². The van der Waals surface area contributed by atoms with E-state index in [-0.39, 0.29) is 0 Å². The van der Waals surface area contributed by atoms with Gasteiger partial charge in [0, 0.05) is 13.0 Å². The molecule has 2 aromatic rings. The fraction of sp³-hybridized carbons (Fsp3) is 0.500. The van der Waals surface area contributed by atoms with E-state index >= 15 is 0 Å². The van der Waals surface area contributed by atoms with E-state index in [1.165, 1.54) is 5.56 Å². The van der Waals surface area contributed by atoms with Crippen molar-refractivity contribution in [1.29, 1.82) is 0 Å². The summed E-state index contributed by atoms with van der Waals surface area (Å²) in [6, 6.07) is 8.14. The van der Waals surface area contributed by atoms with Gasteiger partial charge < -0.3 is 10.5 Å². The molecule has 0 aliphatic carbocycles. The Balaban J connectivity index is 1.69. The number of nitrogens with zero attached hydrogens (tertiary/aromatic N) is 3. The van der Waals surface area contributed by atoms with Crippen molar-refractivity contribution < 1.29 is 4.74 Å². The predicted octanol–water partition coefficient (Wildman–Crippen LogP) is 2.26. The van der Waals surface area contributed by atoms with E-state index in [0.29, 0.717) is 6.54 Å². The minimum absolute atomic E-state index is 0.615. The second-order valence-corrected chi connectivity index (χ2v) is 5.25. The Hall–Kier alpha value is -1.88. The summed E-state index contributed by atoms with van der Waals surface area (Å²) in [5.41, 5.74) is 8.93. The molecule has 0 aliphatic rings. The van der Waals surface area contributed by atoms with E-state index in [0.717, 1.165) is 49.6 Å². The summed E-state index contributed by atoms with van der Waals surface area (Å²) in [7, 11) is 0.